The summed E-state index contributed by atoms with van der Waals surface area (Å²) in [7, 11) is 0. The number of hydrogen-bond donors (Lipinski definition) is 1. The van der Waals surface area contributed by atoms with Gasteiger partial charge in [0.1, 0.15) is 11.5 Å². The van der Waals surface area contributed by atoms with Gasteiger partial charge in [-0.1, -0.05) is 40.5 Å². The summed E-state index contributed by atoms with van der Waals surface area (Å²) in [4.78, 5) is 2.48. The van der Waals surface area contributed by atoms with Crippen LogP contribution in [0.15, 0.2) is 16.5 Å². The Morgan fingerprint density at radius 3 is 2.43 bits per heavy atom. The molecule has 3 atom stereocenters. The van der Waals surface area contributed by atoms with Gasteiger partial charge in [0.05, 0.1) is 6.04 Å². The summed E-state index contributed by atoms with van der Waals surface area (Å²) >= 11 is 0. The van der Waals surface area contributed by atoms with Gasteiger partial charge in [-0.05, 0) is 36.9 Å². The van der Waals surface area contributed by atoms with E-state index in [-0.39, 0.29) is 6.04 Å². The van der Waals surface area contributed by atoms with Crippen molar-refractivity contribution in [2.24, 2.45) is 17.6 Å². The molecule has 3 heteroatoms. The van der Waals surface area contributed by atoms with Crippen LogP contribution >= 0.6 is 0 Å². The summed E-state index contributed by atoms with van der Waals surface area (Å²) in [6.07, 6.45) is 3.73. The van der Waals surface area contributed by atoms with E-state index in [1.807, 2.05) is 0 Å². The highest BCUT2D eigenvalue weighted by molar-refractivity contribution is 5.19. The maximum absolute atomic E-state index is 6.14. The summed E-state index contributed by atoms with van der Waals surface area (Å²) in [5, 5.41) is 0. The number of nitrogens with two attached hydrogens (primary N) is 1. The van der Waals surface area contributed by atoms with Gasteiger partial charge in [-0.25, -0.2) is 0 Å². The Morgan fingerprint density at radius 1 is 1.29 bits per heavy atom. The number of likely N-dealkylation sites (N-methyl/N-ethyl adjacent to an activating group) is 1. The first-order valence-corrected chi connectivity index (χ1v) is 8.68. The summed E-state index contributed by atoms with van der Waals surface area (Å²) in [5.74, 6) is 4.39. The molecule has 1 aliphatic carbocycles. The largest absolute Gasteiger partial charge is 0.464 e. The molecule has 3 unspecified atom stereocenters. The van der Waals surface area contributed by atoms with E-state index in [0.717, 1.165) is 36.4 Å². The van der Waals surface area contributed by atoms with Crippen LogP contribution in [0.4, 0.5) is 0 Å². The molecule has 0 saturated heterocycles. The maximum atomic E-state index is 6.14. The second-order valence-corrected chi connectivity index (χ2v) is 6.58. The predicted octanol–water partition coefficient (Wildman–Crippen LogP) is 4.16. The molecule has 0 amide bonds. The number of furan rings is 1. The minimum absolute atomic E-state index is 0.221. The molecule has 1 aromatic heterocycles. The molecule has 1 heterocycles. The van der Waals surface area contributed by atoms with E-state index in [1.54, 1.807) is 0 Å². The third-order valence-electron chi connectivity index (χ3n) is 5.17. The summed E-state index contributed by atoms with van der Waals surface area (Å²) < 4.78 is 6.14. The molecule has 0 bridgehead atoms. The Kier molecular flexibility index (Phi) is 5.88. The summed E-state index contributed by atoms with van der Waals surface area (Å²) in [6.45, 7) is 11.8. The van der Waals surface area contributed by atoms with Gasteiger partial charge < -0.3 is 10.2 Å². The van der Waals surface area contributed by atoms with Gasteiger partial charge in [0, 0.05) is 19.0 Å². The van der Waals surface area contributed by atoms with E-state index < -0.39 is 0 Å². The van der Waals surface area contributed by atoms with Crippen LogP contribution in [0.25, 0.3) is 0 Å². The monoisotopic (exact) mass is 292 g/mol. The second-order valence-electron chi connectivity index (χ2n) is 6.58. The van der Waals surface area contributed by atoms with Crippen molar-refractivity contribution < 1.29 is 4.42 Å². The van der Waals surface area contributed by atoms with Crippen molar-refractivity contribution in [1.82, 2.24) is 4.90 Å². The van der Waals surface area contributed by atoms with E-state index in [2.05, 4.69) is 44.7 Å². The van der Waals surface area contributed by atoms with E-state index in [4.69, 9.17) is 10.2 Å². The van der Waals surface area contributed by atoms with Gasteiger partial charge in [-0.15, -0.1) is 0 Å². The molecule has 1 aromatic rings. The molecule has 1 aliphatic rings. The van der Waals surface area contributed by atoms with Crippen molar-refractivity contribution in [3.8, 4) is 0 Å². The first-order chi connectivity index (χ1) is 10.1. The zero-order valence-corrected chi connectivity index (χ0v) is 14.1. The third kappa shape index (κ3) is 3.89. The Morgan fingerprint density at radius 2 is 1.95 bits per heavy atom. The lowest BCUT2D eigenvalue weighted by Gasteiger charge is -2.31. The fourth-order valence-electron chi connectivity index (χ4n) is 3.27. The molecular weight excluding hydrogens is 260 g/mol. The van der Waals surface area contributed by atoms with Gasteiger partial charge >= 0.3 is 0 Å². The van der Waals surface area contributed by atoms with Crippen LogP contribution in [0, 0.1) is 11.8 Å². The van der Waals surface area contributed by atoms with Crippen molar-refractivity contribution in [3.63, 3.8) is 0 Å². The highest BCUT2D eigenvalue weighted by Gasteiger charge is 2.37. The minimum atomic E-state index is 0.221. The molecule has 0 spiro atoms. The van der Waals surface area contributed by atoms with Gasteiger partial charge in [-0.2, -0.15) is 0 Å². The lowest BCUT2D eigenvalue weighted by atomic mass is 10.0. The van der Waals surface area contributed by atoms with Crippen molar-refractivity contribution in [3.05, 3.63) is 23.7 Å². The van der Waals surface area contributed by atoms with Crippen molar-refractivity contribution >= 4 is 0 Å². The fraction of sp³-hybridized carbons (Fsp3) is 0.778. The van der Waals surface area contributed by atoms with Crippen LogP contribution in [-0.2, 0) is 0 Å². The number of nitrogens with zero attached hydrogens (tertiary/aromatic N) is 1. The second kappa shape index (κ2) is 7.46. The number of hydrogen-bond acceptors (Lipinski definition) is 3. The SMILES string of the molecule is CCC(CC)CN(CC)C(CN)c1ccc(C2CC2C)o1. The van der Waals surface area contributed by atoms with Crippen LogP contribution in [0.3, 0.4) is 0 Å². The van der Waals surface area contributed by atoms with E-state index in [0.29, 0.717) is 12.5 Å². The Balaban J connectivity index is 2.07. The summed E-state index contributed by atoms with van der Waals surface area (Å²) in [6, 6.07) is 4.53. The molecule has 3 nitrogen and oxygen atoms in total. The highest BCUT2D eigenvalue weighted by Crippen LogP contribution is 2.47. The molecule has 0 aromatic carbocycles. The van der Waals surface area contributed by atoms with Crippen LogP contribution in [0.2, 0.25) is 0 Å². The van der Waals surface area contributed by atoms with Gasteiger partial charge in [-0.3, -0.25) is 4.90 Å². The highest BCUT2D eigenvalue weighted by atomic mass is 16.3. The zero-order valence-electron chi connectivity index (χ0n) is 14.1. The maximum Gasteiger partial charge on any atom is 0.122 e. The molecule has 0 aliphatic heterocycles. The first kappa shape index (κ1) is 16.6. The first-order valence-electron chi connectivity index (χ1n) is 8.68. The molecule has 1 saturated carbocycles. The normalized spacial score (nSPS) is 23.0. The van der Waals surface area contributed by atoms with E-state index in [1.165, 1.54) is 19.3 Å². The van der Waals surface area contributed by atoms with Crippen molar-refractivity contribution in [1.29, 1.82) is 0 Å². The van der Waals surface area contributed by atoms with E-state index in [9.17, 15) is 0 Å². The van der Waals surface area contributed by atoms with Crippen LogP contribution in [0.1, 0.15) is 70.4 Å². The van der Waals surface area contributed by atoms with Crippen LogP contribution < -0.4 is 5.73 Å². The van der Waals surface area contributed by atoms with Gasteiger partial charge in [0.25, 0.3) is 0 Å². The molecule has 2 N–H and O–H groups in total. The lowest BCUT2D eigenvalue weighted by molar-refractivity contribution is 0.155. The minimum Gasteiger partial charge on any atom is -0.464 e. The molecule has 0 radical (unpaired) electrons. The lowest BCUT2D eigenvalue weighted by Crippen LogP contribution is -2.36. The predicted molar refractivity (Wildman–Crippen MR) is 88.3 cm³/mol. The smallest absolute Gasteiger partial charge is 0.122 e. The Hall–Kier alpha value is -0.800. The Bertz CT molecular complexity index is 425. The molecule has 21 heavy (non-hydrogen) atoms. The Labute approximate surface area is 129 Å². The van der Waals surface area contributed by atoms with Gasteiger partial charge in [0.2, 0.25) is 0 Å². The molecule has 2 rings (SSSR count). The van der Waals surface area contributed by atoms with Gasteiger partial charge in [0.15, 0.2) is 0 Å². The van der Waals surface area contributed by atoms with Crippen molar-refractivity contribution in [2.45, 2.75) is 58.9 Å². The quantitative estimate of drug-likeness (QED) is 0.743. The molecule has 1 fully saturated rings. The summed E-state index contributed by atoms with van der Waals surface area (Å²) in [5.41, 5.74) is 6.07. The molecular formula is C18H32N2O. The standard InChI is InChI=1S/C18H32N2O/c1-5-14(6-2)12-20(7-3)16(11-19)18-9-8-17(21-18)15-10-13(15)4/h8-9,13-16H,5-7,10-12,19H2,1-4H3. The molecule has 120 valence electrons. The van der Waals surface area contributed by atoms with Crippen LogP contribution in [-0.4, -0.2) is 24.5 Å². The topological polar surface area (TPSA) is 42.4 Å². The van der Waals surface area contributed by atoms with Crippen molar-refractivity contribution in [2.75, 3.05) is 19.6 Å². The average molecular weight is 292 g/mol. The van der Waals surface area contributed by atoms with E-state index >= 15 is 0 Å². The van der Waals surface area contributed by atoms with Crippen LogP contribution in [0.5, 0.6) is 0 Å². The third-order valence-corrected chi connectivity index (χ3v) is 5.17. The zero-order chi connectivity index (χ0) is 15.4. The average Bonchev–Trinajstić information content (AvgIpc) is 3.03. The fourth-order valence-corrected chi connectivity index (χ4v) is 3.27. The number of rotatable bonds is 9.